The molecule has 0 saturated heterocycles. The van der Waals surface area contributed by atoms with Crippen LogP contribution in [0.5, 0.6) is 11.5 Å². The molecule has 6 atom stereocenters. The number of aliphatic hydroxyl groups excluding tert-OH is 2. The number of allylic oxidation sites excluding steroid dienone is 1. The van der Waals surface area contributed by atoms with Crippen LogP contribution in [0.3, 0.4) is 0 Å². The van der Waals surface area contributed by atoms with Gasteiger partial charge in [-0.05, 0) is 108 Å². The van der Waals surface area contributed by atoms with Crippen LogP contribution >= 0.6 is 0 Å². The van der Waals surface area contributed by atoms with Gasteiger partial charge in [-0.15, -0.1) is 6.58 Å². The first kappa shape index (κ1) is 54.7. The molecule has 1 fully saturated rings. The highest BCUT2D eigenvalue weighted by molar-refractivity contribution is 6.04. The first-order valence-electron chi connectivity index (χ1n) is 26.8. The number of nitrogens with zero attached hydrogens (tertiary/aromatic N) is 3. The second-order valence-corrected chi connectivity index (χ2v) is 19.9. The summed E-state index contributed by atoms with van der Waals surface area (Å²) in [6.07, 6.45) is 19.8. The quantitative estimate of drug-likeness (QED) is 0.0205. The fourth-order valence-corrected chi connectivity index (χ4v) is 11.3. The summed E-state index contributed by atoms with van der Waals surface area (Å²) in [5.41, 5.74) is 3.42. The predicted octanol–water partition coefficient (Wildman–Crippen LogP) is 12.4. The number of nitro groups is 1. The van der Waals surface area contributed by atoms with Crippen molar-refractivity contribution in [3.05, 3.63) is 136 Å². The Bertz CT molecular complexity index is 2530. The third-order valence-corrected chi connectivity index (χ3v) is 15.0. The number of carbonyl (C=O) groups is 2. The molecule has 73 heavy (non-hydrogen) atoms. The van der Waals surface area contributed by atoms with Crippen molar-refractivity contribution < 1.29 is 43.8 Å². The van der Waals surface area contributed by atoms with Gasteiger partial charge in [0.15, 0.2) is 0 Å². The monoisotopic (exact) mass is 1000 g/mol. The van der Waals surface area contributed by atoms with Crippen molar-refractivity contribution in [1.29, 1.82) is 0 Å². The minimum atomic E-state index is -1.49. The van der Waals surface area contributed by atoms with Gasteiger partial charge in [-0.3, -0.25) is 14.9 Å². The summed E-state index contributed by atoms with van der Waals surface area (Å²) in [6, 6.07) is 24.4. The lowest BCUT2D eigenvalue weighted by atomic mass is 9.55. The summed E-state index contributed by atoms with van der Waals surface area (Å²) in [5.74, 6) is -1.82. The zero-order valence-corrected chi connectivity index (χ0v) is 42.9. The van der Waals surface area contributed by atoms with Gasteiger partial charge in [0, 0.05) is 62.4 Å². The number of rotatable bonds is 29. The molecule has 0 radical (unpaired) electrons. The molecule has 2 amide bonds. The normalized spacial score (nSPS) is 21.3. The number of hydrogen-bond donors (Lipinski definition) is 3. The number of likely N-dealkylation sites (N-methyl/N-ethyl adjacent to an activating group) is 1. The summed E-state index contributed by atoms with van der Waals surface area (Å²) < 4.78 is 20.4. The second kappa shape index (κ2) is 27.3. The van der Waals surface area contributed by atoms with Gasteiger partial charge in [-0.2, -0.15) is 0 Å². The molecular weight excluding hydrogens is 925 g/mol. The average Bonchev–Trinajstić information content (AvgIpc) is 3.40. The molecule has 0 bridgehead atoms. The maximum atomic E-state index is 15.0. The van der Waals surface area contributed by atoms with Gasteiger partial charge in [0.25, 0.3) is 11.6 Å². The fourth-order valence-electron chi connectivity index (χ4n) is 11.3. The lowest BCUT2D eigenvalue weighted by molar-refractivity contribution is -0.384. The summed E-state index contributed by atoms with van der Waals surface area (Å²) >= 11 is 0. The predicted molar refractivity (Wildman–Crippen MR) is 285 cm³/mol. The number of amides is 2. The molecule has 0 aromatic heterocycles. The Balaban J connectivity index is 1.27. The van der Waals surface area contributed by atoms with Crippen molar-refractivity contribution in [2.24, 2.45) is 22.9 Å². The van der Waals surface area contributed by atoms with Crippen LogP contribution in [-0.4, -0.2) is 83.0 Å². The third-order valence-electron chi connectivity index (χ3n) is 15.0. The van der Waals surface area contributed by atoms with E-state index in [0.29, 0.717) is 47.7 Å². The van der Waals surface area contributed by atoms with Gasteiger partial charge >= 0.3 is 6.09 Å². The van der Waals surface area contributed by atoms with Crippen molar-refractivity contribution in [3.63, 3.8) is 0 Å². The number of ether oxygens (including phenoxy) is 3. The Hall–Kier alpha value is -6.09. The minimum Gasteiger partial charge on any atom is -0.459 e. The maximum absolute atomic E-state index is 15.0. The number of benzene rings is 4. The van der Waals surface area contributed by atoms with E-state index in [2.05, 4.69) is 24.9 Å². The van der Waals surface area contributed by atoms with Crippen molar-refractivity contribution in [3.8, 4) is 11.5 Å². The molecule has 3 aliphatic rings. The Morgan fingerprint density at radius 1 is 0.877 bits per heavy atom. The van der Waals surface area contributed by atoms with Gasteiger partial charge in [0.1, 0.15) is 24.1 Å². The number of fused-ring (bicyclic) bond motifs is 3. The molecule has 1 heterocycles. The van der Waals surface area contributed by atoms with Gasteiger partial charge in [-0.1, -0.05) is 125 Å². The number of carbonyl (C=O) groups excluding carboxylic acids is 2. The first-order valence-corrected chi connectivity index (χ1v) is 26.8. The molecule has 0 spiro atoms. The summed E-state index contributed by atoms with van der Waals surface area (Å²) in [7, 11) is 1.77. The Morgan fingerprint density at radius 2 is 1.58 bits per heavy atom. The van der Waals surface area contributed by atoms with Crippen molar-refractivity contribution in [2.75, 3.05) is 33.4 Å². The van der Waals surface area contributed by atoms with E-state index in [1.165, 1.54) is 57.1 Å². The molecule has 14 nitrogen and oxygen atoms in total. The third kappa shape index (κ3) is 13.8. The summed E-state index contributed by atoms with van der Waals surface area (Å²) in [6.45, 7) is 7.01. The van der Waals surface area contributed by atoms with E-state index in [4.69, 9.17) is 24.2 Å². The van der Waals surface area contributed by atoms with Crippen LogP contribution in [0.15, 0.2) is 114 Å². The Labute approximate surface area is 431 Å². The van der Waals surface area contributed by atoms with Crippen LogP contribution in [0.4, 0.5) is 10.5 Å². The lowest BCUT2D eigenvalue weighted by Crippen LogP contribution is -2.69. The number of oxime groups is 1. The molecule has 6 unspecified atom stereocenters. The zero-order chi connectivity index (χ0) is 51.6. The first-order chi connectivity index (χ1) is 35.6. The highest BCUT2D eigenvalue weighted by atomic mass is 16.7. The molecule has 2 aliphatic carbocycles. The molecule has 14 heteroatoms. The molecular formula is C59H76N4O10. The highest BCUT2D eigenvalue weighted by Crippen LogP contribution is 2.62. The van der Waals surface area contributed by atoms with E-state index in [-0.39, 0.29) is 62.2 Å². The van der Waals surface area contributed by atoms with Crippen LogP contribution in [0.2, 0.25) is 0 Å². The topological polar surface area (TPSA) is 182 Å². The van der Waals surface area contributed by atoms with Gasteiger partial charge in [0.05, 0.1) is 23.2 Å². The zero-order valence-electron chi connectivity index (χ0n) is 42.9. The maximum Gasteiger partial charge on any atom is 0.412 e. The Kier molecular flexibility index (Phi) is 20.4. The van der Waals surface area contributed by atoms with Crippen LogP contribution in [0.25, 0.3) is 10.8 Å². The molecule has 392 valence electrons. The van der Waals surface area contributed by atoms with Gasteiger partial charge in [-0.25, -0.2) is 4.79 Å². The standard InChI is InChI=1S/C59H76N4O10/c1-4-6-7-8-9-10-11-12-13-18-33-60-58(67)72-48-31-32-53-51(39-48)55-49(24-17-20-35-65)45(23-16-19-34-64)38-50-52(61-71-41-42-25-29-47(30-26-42)63(68)69)40-54(59(73-53,56(50)55)70-36-5-2)62(3)57(66)46-28-27-43-21-14-15-22-44(43)37-46/h5,14-15,21-22,25-32,37-39,45,49,54-56,64-65H,2,4,6-13,16-20,23-24,33-36,40-41H2,1,3H3,(H,60,67). The van der Waals surface area contributed by atoms with Gasteiger partial charge < -0.3 is 39.5 Å². The number of non-ortho nitro benzene ring substituents is 1. The molecule has 4 aromatic rings. The molecule has 1 saturated carbocycles. The highest BCUT2D eigenvalue weighted by Gasteiger charge is 2.65. The number of aliphatic hydroxyl groups is 2. The number of hydrogen-bond acceptors (Lipinski definition) is 11. The average molecular weight is 1000 g/mol. The second-order valence-electron chi connectivity index (χ2n) is 19.9. The van der Waals surface area contributed by atoms with E-state index in [0.717, 1.165) is 66.9 Å². The molecule has 1 aliphatic heterocycles. The van der Waals surface area contributed by atoms with Crippen LogP contribution in [-0.2, 0) is 16.2 Å². The molecule has 7 rings (SSSR count). The number of nitro benzene ring substituents is 1. The van der Waals surface area contributed by atoms with Crippen LogP contribution in [0, 0.1) is 27.9 Å². The number of unbranched alkanes of at least 4 members (excludes halogenated alkanes) is 11. The van der Waals surface area contributed by atoms with E-state index >= 15 is 0 Å². The summed E-state index contributed by atoms with van der Waals surface area (Å²) in [5, 5.41) is 41.2. The SMILES string of the molecule is C=CCOC12Oc3ccc(OC(=O)NCCCCCCCCCCCC)cc3C3C(CCCCO)C(CCCCO)C=C(C(=NOCc4ccc([N+](=O)[O-])cc4)CC1N(C)C(=O)c1ccc4ccccc4c1)C32. The fraction of sp³-hybridized carbons (Fsp3) is 0.508. The van der Waals surface area contributed by atoms with Gasteiger partial charge in [0.2, 0.25) is 5.79 Å². The molecule has 3 N–H and O–H groups in total. The van der Waals surface area contributed by atoms with Crippen molar-refractivity contribution in [2.45, 2.75) is 140 Å². The number of nitrogens with one attached hydrogen (secondary N) is 1. The lowest BCUT2D eigenvalue weighted by Gasteiger charge is -2.59. The largest absolute Gasteiger partial charge is 0.459 e. The van der Waals surface area contributed by atoms with Crippen LogP contribution < -0.4 is 14.8 Å². The summed E-state index contributed by atoms with van der Waals surface area (Å²) in [4.78, 5) is 47.2. The van der Waals surface area contributed by atoms with E-state index < -0.39 is 28.8 Å². The van der Waals surface area contributed by atoms with Crippen molar-refractivity contribution >= 4 is 34.2 Å². The van der Waals surface area contributed by atoms with Crippen molar-refractivity contribution in [1.82, 2.24) is 10.2 Å². The van der Waals surface area contributed by atoms with E-state index in [1.54, 1.807) is 36.2 Å². The smallest absolute Gasteiger partial charge is 0.412 e. The van der Waals surface area contributed by atoms with E-state index in [1.807, 2.05) is 54.6 Å². The Morgan fingerprint density at radius 3 is 2.27 bits per heavy atom. The minimum absolute atomic E-state index is 0.0214. The molecule has 4 aromatic carbocycles. The van der Waals surface area contributed by atoms with E-state index in [9.17, 15) is 29.9 Å². The van der Waals surface area contributed by atoms with Crippen LogP contribution in [0.1, 0.15) is 143 Å².